The molecule has 110 valence electrons. The Morgan fingerprint density at radius 1 is 1.24 bits per heavy atom. The molecule has 0 bridgehead atoms. The molecule has 0 atom stereocenters. The Morgan fingerprint density at radius 3 is 3.24 bits per heavy atom. The Balaban J connectivity index is 1.49. The van der Waals surface area contributed by atoms with Crippen molar-refractivity contribution in [3.63, 3.8) is 0 Å². The maximum Gasteiger partial charge on any atom is 0.123 e. The molecule has 0 aliphatic carbocycles. The minimum absolute atomic E-state index is 0.763. The van der Waals surface area contributed by atoms with E-state index >= 15 is 0 Å². The molecule has 2 aromatic rings. The van der Waals surface area contributed by atoms with Crippen LogP contribution in [0.15, 0.2) is 29.6 Å². The van der Waals surface area contributed by atoms with Crippen LogP contribution in [0.25, 0.3) is 0 Å². The summed E-state index contributed by atoms with van der Waals surface area (Å²) in [6.07, 6.45) is 1.20. The third-order valence-corrected chi connectivity index (χ3v) is 5.29. The molecular weight excluding hydrogens is 280 g/mol. The topological polar surface area (TPSA) is 24.5 Å². The van der Waals surface area contributed by atoms with Gasteiger partial charge in [-0.25, -0.2) is 0 Å². The van der Waals surface area contributed by atoms with Crippen LogP contribution in [0.2, 0.25) is 0 Å². The van der Waals surface area contributed by atoms with Crippen LogP contribution < -0.4 is 10.1 Å². The van der Waals surface area contributed by atoms with Gasteiger partial charge in [0, 0.05) is 43.2 Å². The fourth-order valence-corrected chi connectivity index (χ4v) is 4.06. The van der Waals surface area contributed by atoms with Crippen LogP contribution in [0.1, 0.15) is 21.6 Å². The normalized spacial score (nSPS) is 18.5. The van der Waals surface area contributed by atoms with Crippen LogP contribution in [-0.2, 0) is 26.1 Å². The molecule has 0 amide bonds. The summed E-state index contributed by atoms with van der Waals surface area (Å²) in [6.45, 7) is 5.89. The SMILES string of the molecule is c1cc2c(s1)CCN(Cc1ccc3c(c1)CNCCO3)C2. The number of thiophene rings is 1. The average Bonchev–Trinajstić information content (AvgIpc) is 2.84. The standard InChI is InChI=1S/C17H20N2OS/c1-2-16-15(10-18-5-7-20-16)9-13(1)11-19-6-3-17-14(12-19)4-8-21-17/h1-2,4,8-9,18H,3,5-7,10-12H2. The highest BCUT2D eigenvalue weighted by Gasteiger charge is 2.18. The molecule has 2 aliphatic rings. The number of nitrogens with zero attached hydrogens (tertiary/aromatic N) is 1. The van der Waals surface area contributed by atoms with Crippen molar-refractivity contribution in [1.82, 2.24) is 10.2 Å². The second-order valence-electron chi connectivity index (χ2n) is 5.80. The molecule has 1 aromatic carbocycles. The van der Waals surface area contributed by atoms with E-state index in [0.717, 1.165) is 38.5 Å². The van der Waals surface area contributed by atoms with E-state index in [0.29, 0.717) is 0 Å². The van der Waals surface area contributed by atoms with Gasteiger partial charge in [0.25, 0.3) is 0 Å². The summed E-state index contributed by atoms with van der Waals surface area (Å²) < 4.78 is 5.75. The van der Waals surface area contributed by atoms with E-state index in [4.69, 9.17) is 4.74 Å². The zero-order chi connectivity index (χ0) is 14.1. The zero-order valence-corrected chi connectivity index (χ0v) is 12.9. The molecule has 0 spiro atoms. The number of ether oxygens (including phenoxy) is 1. The number of hydrogen-bond acceptors (Lipinski definition) is 4. The van der Waals surface area contributed by atoms with E-state index in [1.54, 1.807) is 4.88 Å². The number of fused-ring (bicyclic) bond motifs is 2. The lowest BCUT2D eigenvalue weighted by atomic mass is 10.1. The van der Waals surface area contributed by atoms with E-state index in [9.17, 15) is 0 Å². The summed E-state index contributed by atoms with van der Waals surface area (Å²) in [5.74, 6) is 1.04. The van der Waals surface area contributed by atoms with Crippen molar-refractivity contribution < 1.29 is 4.74 Å². The monoisotopic (exact) mass is 300 g/mol. The van der Waals surface area contributed by atoms with Gasteiger partial charge < -0.3 is 10.1 Å². The first-order chi connectivity index (χ1) is 10.4. The van der Waals surface area contributed by atoms with E-state index in [1.807, 2.05) is 11.3 Å². The van der Waals surface area contributed by atoms with Crippen LogP contribution in [0.3, 0.4) is 0 Å². The highest BCUT2D eigenvalue weighted by atomic mass is 32.1. The summed E-state index contributed by atoms with van der Waals surface area (Å²) in [4.78, 5) is 4.12. The molecule has 4 rings (SSSR count). The van der Waals surface area contributed by atoms with E-state index in [1.165, 1.54) is 29.7 Å². The van der Waals surface area contributed by atoms with Crippen molar-refractivity contribution in [3.8, 4) is 5.75 Å². The van der Waals surface area contributed by atoms with Gasteiger partial charge in [0.15, 0.2) is 0 Å². The first-order valence-corrected chi connectivity index (χ1v) is 8.49. The molecule has 3 heterocycles. The fourth-order valence-electron chi connectivity index (χ4n) is 3.17. The first kappa shape index (κ1) is 13.3. The van der Waals surface area contributed by atoms with Crippen molar-refractivity contribution in [2.45, 2.75) is 26.1 Å². The number of rotatable bonds is 2. The largest absolute Gasteiger partial charge is 0.492 e. The molecule has 1 aromatic heterocycles. The summed E-state index contributed by atoms with van der Waals surface area (Å²) in [7, 11) is 0. The minimum Gasteiger partial charge on any atom is -0.492 e. The molecule has 0 saturated carbocycles. The predicted octanol–water partition coefficient (Wildman–Crippen LogP) is 2.79. The van der Waals surface area contributed by atoms with Gasteiger partial charge in [0.05, 0.1) is 0 Å². The Morgan fingerprint density at radius 2 is 2.24 bits per heavy atom. The molecule has 1 N–H and O–H groups in total. The van der Waals surface area contributed by atoms with E-state index in [-0.39, 0.29) is 0 Å². The molecular formula is C17H20N2OS. The van der Waals surface area contributed by atoms with E-state index in [2.05, 4.69) is 39.9 Å². The lowest BCUT2D eigenvalue weighted by Gasteiger charge is -2.27. The second kappa shape index (κ2) is 5.79. The van der Waals surface area contributed by atoms with Gasteiger partial charge in [-0.3, -0.25) is 4.90 Å². The highest BCUT2D eigenvalue weighted by molar-refractivity contribution is 7.10. The maximum absolute atomic E-state index is 5.75. The van der Waals surface area contributed by atoms with Crippen LogP contribution in [0.5, 0.6) is 5.75 Å². The Hall–Kier alpha value is -1.36. The van der Waals surface area contributed by atoms with Crippen LogP contribution in [0, 0.1) is 0 Å². The lowest BCUT2D eigenvalue weighted by molar-refractivity contribution is 0.247. The Labute approximate surface area is 129 Å². The summed E-state index contributed by atoms with van der Waals surface area (Å²) >= 11 is 1.90. The zero-order valence-electron chi connectivity index (χ0n) is 12.1. The average molecular weight is 300 g/mol. The van der Waals surface area contributed by atoms with Crippen molar-refractivity contribution in [2.75, 3.05) is 19.7 Å². The molecule has 4 heteroatoms. The molecule has 0 radical (unpaired) electrons. The molecule has 21 heavy (non-hydrogen) atoms. The number of hydrogen-bond donors (Lipinski definition) is 1. The smallest absolute Gasteiger partial charge is 0.123 e. The van der Waals surface area contributed by atoms with Gasteiger partial charge in [-0.05, 0) is 41.1 Å². The van der Waals surface area contributed by atoms with Gasteiger partial charge in [0.1, 0.15) is 12.4 Å². The quantitative estimate of drug-likeness (QED) is 0.923. The highest BCUT2D eigenvalue weighted by Crippen LogP contribution is 2.26. The van der Waals surface area contributed by atoms with Gasteiger partial charge in [-0.1, -0.05) is 6.07 Å². The summed E-state index contributed by atoms with van der Waals surface area (Å²) in [5.41, 5.74) is 4.20. The molecule has 0 saturated heterocycles. The van der Waals surface area contributed by atoms with Gasteiger partial charge >= 0.3 is 0 Å². The third kappa shape index (κ3) is 2.84. The molecule has 0 unspecified atom stereocenters. The van der Waals surface area contributed by atoms with Gasteiger partial charge in [-0.15, -0.1) is 11.3 Å². The van der Waals surface area contributed by atoms with Crippen LogP contribution in [-0.4, -0.2) is 24.6 Å². The second-order valence-corrected chi connectivity index (χ2v) is 6.80. The summed E-state index contributed by atoms with van der Waals surface area (Å²) in [5, 5.41) is 5.63. The molecule has 2 aliphatic heterocycles. The van der Waals surface area contributed by atoms with Crippen LogP contribution in [0.4, 0.5) is 0 Å². The third-order valence-electron chi connectivity index (χ3n) is 4.27. The van der Waals surface area contributed by atoms with Crippen molar-refractivity contribution in [1.29, 1.82) is 0 Å². The number of benzene rings is 1. The fraction of sp³-hybridized carbons (Fsp3) is 0.412. The Bertz CT molecular complexity index is 637. The summed E-state index contributed by atoms with van der Waals surface area (Å²) in [6, 6.07) is 8.93. The Kier molecular flexibility index (Phi) is 3.67. The van der Waals surface area contributed by atoms with Crippen molar-refractivity contribution >= 4 is 11.3 Å². The lowest BCUT2D eigenvalue weighted by Crippen LogP contribution is -2.29. The number of nitrogens with one attached hydrogen (secondary N) is 1. The van der Waals surface area contributed by atoms with Crippen LogP contribution >= 0.6 is 11.3 Å². The molecule has 0 fully saturated rings. The predicted molar refractivity (Wildman–Crippen MR) is 85.8 cm³/mol. The van der Waals surface area contributed by atoms with Gasteiger partial charge in [-0.2, -0.15) is 0 Å². The molecule has 3 nitrogen and oxygen atoms in total. The van der Waals surface area contributed by atoms with Gasteiger partial charge in [0.2, 0.25) is 0 Å². The van der Waals surface area contributed by atoms with Crippen molar-refractivity contribution in [2.24, 2.45) is 0 Å². The van der Waals surface area contributed by atoms with E-state index < -0.39 is 0 Å². The van der Waals surface area contributed by atoms with Crippen molar-refractivity contribution in [3.05, 3.63) is 51.2 Å². The maximum atomic E-state index is 5.75. The minimum atomic E-state index is 0.763. The first-order valence-electron chi connectivity index (χ1n) is 7.61.